The Bertz CT molecular complexity index is 896. The van der Waals surface area contributed by atoms with Crippen molar-refractivity contribution in [3.63, 3.8) is 0 Å². The van der Waals surface area contributed by atoms with Crippen LogP contribution >= 0.6 is 0 Å². The van der Waals surface area contributed by atoms with Gasteiger partial charge in [0.25, 0.3) is 0 Å². The number of carbonyl (C=O) groups excluding carboxylic acids is 1. The van der Waals surface area contributed by atoms with Crippen LogP contribution in [0.3, 0.4) is 0 Å². The molecule has 0 aromatic heterocycles. The number of nitrogens with two attached hydrogens (primary N) is 1. The Morgan fingerprint density at radius 1 is 1.11 bits per heavy atom. The van der Waals surface area contributed by atoms with Crippen LogP contribution in [0.25, 0.3) is 11.1 Å². The number of hydrogen-bond donors (Lipinski definition) is 1. The Hall–Kier alpha value is -3.08. The normalized spacial score (nSPS) is 17.5. The summed E-state index contributed by atoms with van der Waals surface area (Å²) >= 11 is 0. The highest BCUT2D eigenvalue weighted by Gasteiger charge is 2.23. The van der Waals surface area contributed by atoms with Crippen LogP contribution in [-0.4, -0.2) is 43.8 Å². The van der Waals surface area contributed by atoms with E-state index in [1.165, 1.54) is 0 Å². The second-order valence-corrected chi connectivity index (χ2v) is 6.97. The van der Waals surface area contributed by atoms with E-state index in [0.29, 0.717) is 19.5 Å². The van der Waals surface area contributed by atoms with E-state index in [4.69, 9.17) is 10.5 Å². The van der Waals surface area contributed by atoms with E-state index in [1.54, 1.807) is 21.1 Å². The first-order chi connectivity index (χ1) is 13.5. The first kappa shape index (κ1) is 19.7. The zero-order valence-corrected chi connectivity index (χ0v) is 16.7. The monoisotopic (exact) mass is 377 g/mol. The van der Waals surface area contributed by atoms with Crippen molar-refractivity contribution in [1.29, 1.82) is 0 Å². The smallest absolute Gasteiger partial charge is 0.219 e. The second kappa shape index (κ2) is 8.74. The van der Waals surface area contributed by atoms with E-state index in [0.717, 1.165) is 45.8 Å². The molecular formula is C23H27N3O2. The zero-order valence-electron chi connectivity index (χ0n) is 16.7. The van der Waals surface area contributed by atoms with Gasteiger partial charge in [-0.05, 0) is 28.8 Å². The number of hydrogen-bond acceptors (Lipinski definition) is 4. The number of likely N-dealkylation sites (tertiary alicyclic amines) is 1. The lowest BCUT2D eigenvalue weighted by Crippen LogP contribution is -2.40. The fourth-order valence-corrected chi connectivity index (χ4v) is 3.48. The topological polar surface area (TPSA) is 67.9 Å². The van der Waals surface area contributed by atoms with Crippen LogP contribution in [-0.2, 0) is 11.2 Å². The van der Waals surface area contributed by atoms with Crippen molar-refractivity contribution < 1.29 is 9.53 Å². The summed E-state index contributed by atoms with van der Waals surface area (Å²) in [6, 6.07) is 16.4. The summed E-state index contributed by atoms with van der Waals surface area (Å²) in [7, 11) is 3.45. The molecule has 2 aromatic carbocycles. The number of carbonyl (C=O) groups is 1. The van der Waals surface area contributed by atoms with Gasteiger partial charge in [-0.3, -0.25) is 9.79 Å². The predicted molar refractivity (Wildman–Crippen MR) is 114 cm³/mol. The van der Waals surface area contributed by atoms with Crippen LogP contribution in [0.4, 0.5) is 0 Å². The lowest BCUT2D eigenvalue weighted by atomic mass is 9.96. The van der Waals surface area contributed by atoms with Crippen LogP contribution < -0.4 is 10.5 Å². The summed E-state index contributed by atoms with van der Waals surface area (Å²) in [5.41, 5.74) is 12.6. The fourth-order valence-electron chi connectivity index (χ4n) is 3.48. The highest BCUT2D eigenvalue weighted by atomic mass is 16.5. The number of benzene rings is 2. The maximum atomic E-state index is 11.7. The average Bonchev–Trinajstić information content (AvgIpc) is 2.73. The predicted octanol–water partition coefficient (Wildman–Crippen LogP) is 3.44. The van der Waals surface area contributed by atoms with Crippen LogP contribution in [0.5, 0.6) is 5.75 Å². The molecule has 5 heteroatoms. The Kier molecular flexibility index (Phi) is 6.14. The number of amides is 1. The molecule has 146 valence electrons. The molecule has 1 fully saturated rings. The van der Waals surface area contributed by atoms with Gasteiger partial charge in [-0.15, -0.1) is 0 Å². The Labute approximate surface area is 166 Å². The molecule has 0 unspecified atom stereocenters. The van der Waals surface area contributed by atoms with E-state index in [1.807, 2.05) is 29.2 Å². The van der Waals surface area contributed by atoms with E-state index in [-0.39, 0.29) is 5.91 Å². The molecule has 0 spiro atoms. The second-order valence-electron chi connectivity index (χ2n) is 6.97. The molecule has 0 aliphatic carbocycles. The molecule has 1 heterocycles. The van der Waals surface area contributed by atoms with Crippen molar-refractivity contribution in [3.8, 4) is 16.9 Å². The molecule has 0 bridgehead atoms. The van der Waals surface area contributed by atoms with Crippen molar-refractivity contribution >= 4 is 11.6 Å². The third-order valence-electron chi connectivity index (χ3n) is 5.19. The van der Waals surface area contributed by atoms with Gasteiger partial charge in [-0.2, -0.15) is 0 Å². The summed E-state index contributed by atoms with van der Waals surface area (Å²) in [5.74, 6) is 0.921. The molecule has 5 nitrogen and oxygen atoms in total. The third kappa shape index (κ3) is 4.42. The molecule has 2 aromatic rings. The first-order valence-electron chi connectivity index (χ1n) is 9.44. The molecule has 0 radical (unpaired) electrons. The van der Waals surface area contributed by atoms with Crippen molar-refractivity contribution in [1.82, 2.24) is 4.90 Å². The van der Waals surface area contributed by atoms with Crippen LogP contribution in [0.15, 0.2) is 64.8 Å². The molecule has 1 amide bonds. The van der Waals surface area contributed by atoms with Gasteiger partial charge in [0.15, 0.2) is 0 Å². The number of aliphatic imine (C=N–C) groups is 1. The molecule has 2 N–H and O–H groups in total. The van der Waals surface area contributed by atoms with Crippen LogP contribution in [0, 0.1) is 0 Å². The van der Waals surface area contributed by atoms with Gasteiger partial charge in [-0.25, -0.2) is 0 Å². The fraction of sp³-hybridized carbons (Fsp3) is 0.304. The van der Waals surface area contributed by atoms with E-state index < -0.39 is 0 Å². The van der Waals surface area contributed by atoms with Gasteiger partial charge in [-0.1, -0.05) is 36.4 Å². The minimum Gasteiger partial charge on any atom is -0.497 e. The standard InChI is InChI=1S/C23H27N3O2/c1-16(27)26-13-12-23(25-2)21(15-26)22(24)14-17-4-6-18(7-5-17)19-8-10-20(28-3)11-9-19/h4-11H,12-15,24H2,1-3H3. The Morgan fingerprint density at radius 3 is 2.25 bits per heavy atom. The molecule has 1 aliphatic rings. The van der Waals surface area contributed by atoms with Gasteiger partial charge >= 0.3 is 0 Å². The summed E-state index contributed by atoms with van der Waals surface area (Å²) in [6.45, 7) is 2.84. The molecule has 0 atom stereocenters. The summed E-state index contributed by atoms with van der Waals surface area (Å²) < 4.78 is 5.21. The maximum absolute atomic E-state index is 11.7. The largest absolute Gasteiger partial charge is 0.497 e. The van der Waals surface area contributed by atoms with E-state index in [2.05, 4.69) is 29.3 Å². The quantitative estimate of drug-likeness (QED) is 0.887. The van der Waals surface area contributed by atoms with Gasteiger partial charge in [0, 0.05) is 56.9 Å². The van der Waals surface area contributed by atoms with E-state index >= 15 is 0 Å². The highest BCUT2D eigenvalue weighted by Crippen LogP contribution is 2.24. The number of ether oxygens (including phenoxy) is 1. The molecule has 1 aliphatic heterocycles. The number of piperidine rings is 1. The molecule has 3 rings (SSSR count). The molecule has 0 saturated carbocycles. The first-order valence-corrected chi connectivity index (χ1v) is 9.44. The summed E-state index contributed by atoms with van der Waals surface area (Å²) in [5, 5.41) is 0. The summed E-state index contributed by atoms with van der Waals surface area (Å²) in [4.78, 5) is 18.0. The minimum atomic E-state index is 0.0734. The summed E-state index contributed by atoms with van der Waals surface area (Å²) in [6.07, 6.45) is 1.39. The van der Waals surface area contributed by atoms with Gasteiger partial charge in [0.05, 0.1) is 7.11 Å². The lowest BCUT2D eigenvalue weighted by Gasteiger charge is -2.30. The number of rotatable bonds is 4. The van der Waals surface area contributed by atoms with Crippen molar-refractivity contribution in [2.24, 2.45) is 10.7 Å². The van der Waals surface area contributed by atoms with Crippen molar-refractivity contribution in [2.75, 3.05) is 27.2 Å². The number of allylic oxidation sites excluding steroid dienone is 1. The Morgan fingerprint density at radius 2 is 1.71 bits per heavy atom. The zero-order chi connectivity index (χ0) is 20.1. The number of methoxy groups -OCH3 is 1. The van der Waals surface area contributed by atoms with Gasteiger partial charge < -0.3 is 15.4 Å². The molecular weight excluding hydrogens is 350 g/mol. The van der Waals surface area contributed by atoms with Crippen LogP contribution in [0.1, 0.15) is 18.9 Å². The highest BCUT2D eigenvalue weighted by molar-refractivity contribution is 6.02. The minimum absolute atomic E-state index is 0.0734. The van der Waals surface area contributed by atoms with Gasteiger partial charge in [0.2, 0.25) is 5.91 Å². The third-order valence-corrected chi connectivity index (χ3v) is 5.19. The average molecular weight is 377 g/mol. The molecule has 1 saturated heterocycles. The maximum Gasteiger partial charge on any atom is 0.219 e. The Balaban J connectivity index is 1.78. The van der Waals surface area contributed by atoms with Crippen LogP contribution in [0.2, 0.25) is 0 Å². The van der Waals surface area contributed by atoms with Crippen molar-refractivity contribution in [2.45, 2.75) is 19.8 Å². The SMILES string of the molecule is CN=C1CCN(C(C)=O)CC1=C(N)Cc1ccc(-c2ccc(OC)cc2)cc1. The van der Waals surface area contributed by atoms with Crippen molar-refractivity contribution in [3.05, 3.63) is 65.4 Å². The molecule has 28 heavy (non-hydrogen) atoms. The lowest BCUT2D eigenvalue weighted by molar-refractivity contribution is -0.128. The van der Waals surface area contributed by atoms with E-state index in [9.17, 15) is 4.79 Å². The van der Waals surface area contributed by atoms with Gasteiger partial charge in [0.1, 0.15) is 5.75 Å². The number of nitrogens with zero attached hydrogens (tertiary/aromatic N) is 2.